The third-order valence-electron chi connectivity index (χ3n) is 4.41. The molecule has 0 unspecified atom stereocenters. The second-order valence-corrected chi connectivity index (χ2v) is 7.69. The highest BCUT2D eigenvalue weighted by molar-refractivity contribution is 7.98. The van der Waals surface area contributed by atoms with Crippen LogP contribution in [0.5, 0.6) is 0 Å². The zero-order valence-electron chi connectivity index (χ0n) is 14.3. The van der Waals surface area contributed by atoms with Crippen molar-refractivity contribution in [3.8, 4) is 0 Å². The van der Waals surface area contributed by atoms with E-state index in [1.807, 2.05) is 6.26 Å². The maximum absolute atomic E-state index is 13.2. The van der Waals surface area contributed by atoms with Gasteiger partial charge in [0.05, 0.1) is 5.02 Å². The Kier molecular flexibility index (Phi) is 8.03. The van der Waals surface area contributed by atoms with Gasteiger partial charge in [0.2, 0.25) is 11.8 Å². The molecule has 1 atom stereocenters. The summed E-state index contributed by atoms with van der Waals surface area (Å²) in [6.07, 6.45) is 7.57. The summed E-state index contributed by atoms with van der Waals surface area (Å²) in [5, 5.41) is 5.56. The largest absolute Gasteiger partial charge is 0.344 e. The average molecular weight is 387 g/mol. The van der Waals surface area contributed by atoms with Crippen molar-refractivity contribution >= 4 is 40.9 Å². The SMILES string of the molecule is CSCC[C@H](NC(=O)C1CCCCC1)C(=O)Nc1ccc(F)c(Cl)c1. The Morgan fingerprint density at radius 2 is 2.04 bits per heavy atom. The number of nitrogens with one attached hydrogen (secondary N) is 2. The summed E-state index contributed by atoms with van der Waals surface area (Å²) in [7, 11) is 0. The van der Waals surface area contributed by atoms with Gasteiger partial charge in [-0.25, -0.2) is 4.39 Å². The van der Waals surface area contributed by atoms with Crippen LogP contribution >= 0.6 is 23.4 Å². The van der Waals surface area contributed by atoms with Gasteiger partial charge in [-0.3, -0.25) is 9.59 Å². The Balaban J connectivity index is 2.00. The van der Waals surface area contributed by atoms with Crippen LogP contribution < -0.4 is 10.6 Å². The van der Waals surface area contributed by atoms with Crippen molar-refractivity contribution in [2.45, 2.75) is 44.6 Å². The Morgan fingerprint density at radius 3 is 2.68 bits per heavy atom. The Hall–Kier alpha value is -1.27. The summed E-state index contributed by atoms with van der Waals surface area (Å²) in [6.45, 7) is 0. The first-order valence-electron chi connectivity index (χ1n) is 8.56. The van der Waals surface area contributed by atoms with E-state index in [2.05, 4.69) is 10.6 Å². The van der Waals surface area contributed by atoms with Crippen molar-refractivity contribution in [1.82, 2.24) is 5.32 Å². The Bertz CT molecular complexity index is 609. The minimum atomic E-state index is -0.606. The molecule has 1 saturated carbocycles. The van der Waals surface area contributed by atoms with E-state index in [9.17, 15) is 14.0 Å². The molecule has 1 fully saturated rings. The molecule has 0 saturated heterocycles. The van der Waals surface area contributed by atoms with Gasteiger partial charge in [-0.05, 0) is 49.5 Å². The van der Waals surface area contributed by atoms with E-state index in [1.165, 1.54) is 24.6 Å². The first-order valence-corrected chi connectivity index (χ1v) is 10.3. The average Bonchev–Trinajstić information content (AvgIpc) is 2.62. The van der Waals surface area contributed by atoms with Crippen molar-refractivity contribution in [3.63, 3.8) is 0 Å². The molecule has 1 aliphatic rings. The van der Waals surface area contributed by atoms with Crippen LogP contribution in [-0.2, 0) is 9.59 Å². The smallest absolute Gasteiger partial charge is 0.246 e. The van der Waals surface area contributed by atoms with Crippen molar-refractivity contribution in [3.05, 3.63) is 29.0 Å². The normalized spacial score (nSPS) is 16.3. The lowest BCUT2D eigenvalue weighted by atomic mass is 9.88. The van der Waals surface area contributed by atoms with Gasteiger partial charge >= 0.3 is 0 Å². The zero-order valence-corrected chi connectivity index (χ0v) is 15.9. The minimum Gasteiger partial charge on any atom is -0.344 e. The fraction of sp³-hybridized carbons (Fsp3) is 0.556. The fourth-order valence-corrected chi connectivity index (χ4v) is 3.61. The molecule has 1 aromatic carbocycles. The molecule has 2 amide bonds. The molecule has 2 N–H and O–H groups in total. The zero-order chi connectivity index (χ0) is 18.2. The number of hydrogen-bond donors (Lipinski definition) is 2. The van der Waals surface area contributed by atoms with Crippen LogP contribution in [0.3, 0.4) is 0 Å². The first-order chi connectivity index (χ1) is 12.0. The van der Waals surface area contributed by atoms with Gasteiger partial charge in [-0.15, -0.1) is 0 Å². The molecular weight excluding hydrogens is 363 g/mol. The predicted octanol–water partition coefficient (Wildman–Crippen LogP) is 4.24. The van der Waals surface area contributed by atoms with E-state index < -0.39 is 11.9 Å². The molecular formula is C18H24ClFN2O2S. The van der Waals surface area contributed by atoms with Gasteiger partial charge in [0, 0.05) is 11.6 Å². The van der Waals surface area contributed by atoms with Crippen molar-refractivity contribution in [2.24, 2.45) is 5.92 Å². The van der Waals surface area contributed by atoms with Crippen LogP contribution in [0.1, 0.15) is 38.5 Å². The number of amides is 2. The van der Waals surface area contributed by atoms with E-state index in [1.54, 1.807) is 11.8 Å². The highest BCUT2D eigenvalue weighted by Gasteiger charge is 2.26. The molecule has 0 aliphatic heterocycles. The number of rotatable bonds is 7. The summed E-state index contributed by atoms with van der Waals surface area (Å²) in [6, 6.07) is 3.41. The maximum Gasteiger partial charge on any atom is 0.246 e. The standard InChI is InChI=1S/C18H24ClFN2O2S/c1-25-10-9-16(22-17(23)12-5-3-2-4-6-12)18(24)21-13-7-8-15(20)14(19)11-13/h7-8,11-12,16H,2-6,9-10H2,1H3,(H,21,24)(H,22,23)/t16-/m0/s1. The Morgan fingerprint density at radius 1 is 1.32 bits per heavy atom. The van der Waals surface area contributed by atoms with Gasteiger partial charge in [0.15, 0.2) is 0 Å². The monoisotopic (exact) mass is 386 g/mol. The molecule has 0 radical (unpaired) electrons. The number of hydrogen-bond acceptors (Lipinski definition) is 3. The van der Waals surface area contributed by atoms with Gasteiger partial charge in [0.1, 0.15) is 11.9 Å². The lowest BCUT2D eigenvalue weighted by Gasteiger charge is -2.24. The molecule has 4 nitrogen and oxygen atoms in total. The summed E-state index contributed by atoms with van der Waals surface area (Å²) >= 11 is 7.37. The third-order valence-corrected chi connectivity index (χ3v) is 5.34. The maximum atomic E-state index is 13.2. The highest BCUT2D eigenvalue weighted by atomic mass is 35.5. The molecule has 0 bridgehead atoms. The van der Waals surface area contributed by atoms with Gasteiger partial charge < -0.3 is 10.6 Å². The Labute approximate surface area is 157 Å². The van der Waals surface area contributed by atoms with Gasteiger partial charge in [-0.1, -0.05) is 30.9 Å². The van der Waals surface area contributed by atoms with Crippen LogP contribution in [0.15, 0.2) is 18.2 Å². The number of carbonyl (C=O) groups is 2. The molecule has 1 aromatic rings. The second kappa shape index (κ2) is 10.0. The molecule has 0 heterocycles. The summed E-state index contributed by atoms with van der Waals surface area (Å²) in [5.74, 6) is -0.130. The van der Waals surface area contributed by atoms with Crippen molar-refractivity contribution in [1.29, 1.82) is 0 Å². The molecule has 25 heavy (non-hydrogen) atoms. The second-order valence-electron chi connectivity index (χ2n) is 6.30. The number of thioether (sulfide) groups is 1. The number of anilines is 1. The summed E-state index contributed by atoms with van der Waals surface area (Å²) in [4.78, 5) is 25.0. The van der Waals surface area contributed by atoms with E-state index in [-0.39, 0.29) is 22.8 Å². The van der Waals surface area contributed by atoms with Crippen LogP contribution in [0, 0.1) is 11.7 Å². The lowest BCUT2D eigenvalue weighted by molar-refractivity contribution is -0.130. The van der Waals surface area contributed by atoms with Crippen LogP contribution in [-0.4, -0.2) is 29.9 Å². The van der Waals surface area contributed by atoms with Crippen LogP contribution in [0.2, 0.25) is 5.02 Å². The lowest BCUT2D eigenvalue weighted by Crippen LogP contribution is -2.46. The van der Waals surface area contributed by atoms with Crippen LogP contribution in [0.25, 0.3) is 0 Å². The topological polar surface area (TPSA) is 58.2 Å². The fourth-order valence-electron chi connectivity index (χ4n) is 2.96. The van der Waals surface area contributed by atoms with E-state index in [0.717, 1.165) is 31.4 Å². The van der Waals surface area contributed by atoms with Crippen LogP contribution in [0.4, 0.5) is 10.1 Å². The number of carbonyl (C=O) groups excluding carboxylic acids is 2. The van der Waals surface area contributed by atoms with E-state index in [4.69, 9.17) is 11.6 Å². The van der Waals surface area contributed by atoms with E-state index in [0.29, 0.717) is 12.1 Å². The number of halogens is 2. The van der Waals surface area contributed by atoms with E-state index >= 15 is 0 Å². The van der Waals surface area contributed by atoms with Gasteiger partial charge in [-0.2, -0.15) is 11.8 Å². The van der Waals surface area contributed by atoms with Gasteiger partial charge in [0.25, 0.3) is 0 Å². The molecule has 138 valence electrons. The highest BCUT2D eigenvalue weighted by Crippen LogP contribution is 2.24. The summed E-state index contributed by atoms with van der Waals surface area (Å²) in [5.41, 5.74) is 0.414. The molecule has 7 heteroatoms. The minimum absolute atomic E-state index is 0.00130. The molecule has 0 spiro atoms. The molecule has 1 aliphatic carbocycles. The summed E-state index contributed by atoms with van der Waals surface area (Å²) < 4.78 is 13.2. The number of benzene rings is 1. The quantitative estimate of drug-likeness (QED) is 0.737. The molecule has 0 aromatic heterocycles. The first kappa shape index (κ1) is 20.0. The van der Waals surface area contributed by atoms with Crippen molar-refractivity contribution < 1.29 is 14.0 Å². The van der Waals surface area contributed by atoms with Crippen molar-refractivity contribution in [2.75, 3.05) is 17.3 Å². The molecule has 2 rings (SSSR count). The predicted molar refractivity (Wildman–Crippen MR) is 102 cm³/mol. The third kappa shape index (κ3) is 6.19.